The number of benzene rings is 3. The normalized spacial score (nSPS) is 16.6. The predicted molar refractivity (Wildman–Crippen MR) is 169 cm³/mol. The molecule has 4 amide bonds. The van der Waals surface area contributed by atoms with Gasteiger partial charge in [-0.2, -0.15) is 0 Å². The highest BCUT2D eigenvalue weighted by molar-refractivity contribution is 5.95. The van der Waals surface area contributed by atoms with Crippen LogP contribution in [0.2, 0.25) is 0 Å². The summed E-state index contributed by atoms with van der Waals surface area (Å²) in [5.41, 5.74) is 1.63. The number of fused-ring (bicyclic) bond motifs is 1. The van der Waals surface area contributed by atoms with Gasteiger partial charge in [-0.1, -0.05) is 74.4 Å². The monoisotopic (exact) mass is 602 g/mol. The van der Waals surface area contributed by atoms with E-state index in [0.717, 1.165) is 22.8 Å². The minimum absolute atomic E-state index is 0.111. The van der Waals surface area contributed by atoms with Gasteiger partial charge in [-0.25, -0.2) is 4.39 Å². The summed E-state index contributed by atoms with van der Waals surface area (Å²) in [6.45, 7) is 7.53. The van der Waals surface area contributed by atoms with Crippen LogP contribution in [0, 0.1) is 5.82 Å². The Hall–Kier alpha value is -4.27. The Morgan fingerprint density at radius 3 is 2.25 bits per heavy atom. The van der Waals surface area contributed by atoms with Gasteiger partial charge in [-0.3, -0.25) is 19.2 Å². The molecule has 0 unspecified atom stereocenters. The van der Waals surface area contributed by atoms with Crippen LogP contribution < -0.4 is 10.6 Å². The van der Waals surface area contributed by atoms with E-state index >= 15 is 0 Å². The van der Waals surface area contributed by atoms with Gasteiger partial charge in [0.1, 0.15) is 23.9 Å². The molecule has 0 aliphatic carbocycles. The van der Waals surface area contributed by atoms with Crippen molar-refractivity contribution < 1.29 is 23.6 Å². The Morgan fingerprint density at radius 2 is 1.59 bits per heavy atom. The molecule has 3 aromatic carbocycles. The molecule has 1 heterocycles. The van der Waals surface area contributed by atoms with E-state index in [1.165, 1.54) is 19.1 Å². The van der Waals surface area contributed by atoms with Crippen LogP contribution in [-0.4, -0.2) is 70.7 Å². The molecule has 2 N–H and O–H groups in total. The van der Waals surface area contributed by atoms with E-state index in [1.807, 2.05) is 57.2 Å². The SMILES string of the molecule is CCCC[C@H]1C(=O)N([C@@H](Cc2ccc3ccccc3c2)C(=O)NC(C)C)CCN1C(=O)[C@@H](Cc1ccc(F)cc1)NC(C)=O. The van der Waals surface area contributed by atoms with Crippen molar-refractivity contribution in [2.75, 3.05) is 13.1 Å². The van der Waals surface area contributed by atoms with Crippen molar-refractivity contribution in [3.8, 4) is 0 Å². The van der Waals surface area contributed by atoms with Crippen LogP contribution in [-0.2, 0) is 32.0 Å². The lowest BCUT2D eigenvalue weighted by Crippen LogP contribution is -2.66. The van der Waals surface area contributed by atoms with Crippen molar-refractivity contribution >= 4 is 34.4 Å². The van der Waals surface area contributed by atoms with Gasteiger partial charge in [0.25, 0.3) is 0 Å². The van der Waals surface area contributed by atoms with Gasteiger partial charge in [0.2, 0.25) is 23.6 Å². The number of carbonyl (C=O) groups is 4. The van der Waals surface area contributed by atoms with Crippen LogP contribution in [0.5, 0.6) is 0 Å². The van der Waals surface area contributed by atoms with Crippen LogP contribution >= 0.6 is 0 Å². The number of carbonyl (C=O) groups excluding carboxylic acids is 4. The number of unbranched alkanes of at least 4 members (excludes halogenated alkanes) is 1. The highest BCUT2D eigenvalue weighted by Gasteiger charge is 2.43. The van der Waals surface area contributed by atoms with E-state index in [2.05, 4.69) is 16.7 Å². The number of rotatable bonds is 12. The fraction of sp³-hybridized carbons (Fsp3) is 0.429. The lowest BCUT2D eigenvalue weighted by Gasteiger charge is -2.44. The first kappa shape index (κ1) is 32.6. The summed E-state index contributed by atoms with van der Waals surface area (Å²) >= 11 is 0. The van der Waals surface area contributed by atoms with E-state index in [9.17, 15) is 23.6 Å². The van der Waals surface area contributed by atoms with Crippen molar-refractivity contribution in [2.45, 2.75) is 84.0 Å². The summed E-state index contributed by atoms with van der Waals surface area (Å²) < 4.78 is 13.5. The summed E-state index contributed by atoms with van der Waals surface area (Å²) in [6.07, 6.45) is 2.47. The standard InChI is InChI=1S/C35H43FN4O4/c1-5-6-11-31-35(44)40(19-18-39(31)34(43)30(38-24(4)41)21-25-13-16-29(36)17-14-25)32(33(42)37-23(2)3)22-26-12-15-27-9-7-8-10-28(27)20-26/h7-10,12-17,20,23,30-32H,5-6,11,18-19,21-22H2,1-4H3,(H,37,42)(H,38,41)/t30-,31+,32+/m1/s1. The summed E-state index contributed by atoms with van der Waals surface area (Å²) in [6, 6.07) is 17.3. The van der Waals surface area contributed by atoms with Gasteiger partial charge in [-0.05, 0) is 54.3 Å². The molecular weight excluding hydrogens is 559 g/mol. The number of hydrogen-bond acceptors (Lipinski definition) is 4. The second kappa shape index (κ2) is 14.9. The van der Waals surface area contributed by atoms with E-state index in [-0.39, 0.29) is 49.2 Å². The molecule has 8 nitrogen and oxygen atoms in total. The fourth-order valence-electron chi connectivity index (χ4n) is 5.87. The maximum atomic E-state index is 14.2. The number of nitrogens with zero attached hydrogens (tertiary/aromatic N) is 2. The minimum Gasteiger partial charge on any atom is -0.352 e. The third-order valence-electron chi connectivity index (χ3n) is 8.02. The van der Waals surface area contributed by atoms with Crippen LogP contribution in [0.15, 0.2) is 66.7 Å². The molecule has 9 heteroatoms. The average Bonchev–Trinajstić information content (AvgIpc) is 2.99. The summed E-state index contributed by atoms with van der Waals surface area (Å²) in [5, 5.41) is 7.88. The molecule has 0 aromatic heterocycles. The third kappa shape index (κ3) is 8.21. The highest BCUT2D eigenvalue weighted by atomic mass is 19.1. The van der Waals surface area contributed by atoms with Crippen LogP contribution in [0.1, 0.15) is 58.1 Å². The number of halogens is 1. The maximum Gasteiger partial charge on any atom is 0.246 e. The minimum atomic E-state index is -0.918. The summed E-state index contributed by atoms with van der Waals surface area (Å²) in [5.74, 6) is -1.64. The quantitative estimate of drug-likeness (QED) is 0.321. The maximum absolute atomic E-state index is 14.2. The van der Waals surface area contributed by atoms with Crippen LogP contribution in [0.25, 0.3) is 10.8 Å². The van der Waals surface area contributed by atoms with Gasteiger partial charge in [0.15, 0.2) is 0 Å². The van der Waals surface area contributed by atoms with Crippen LogP contribution in [0.4, 0.5) is 4.39 Å². The Morgan fingerprint density at radius 1 is 0.909 bits per heavy atom. The largest absolute Gasteiger partial charge is 0.352 e. The number of hydrogen-bond donors (Lipinski definition) is 2. The van der Waals surface area contributed by atoms with E-state index < -0.39 is 23.9 Å². The number of amides is 4. The third-order valence-corrected chi connectivity index (χ3v) is 8.02. The topological polar surface area (TPSA) is 98.8 Å². The zero-order valence-electron chi connectivity index (χ0n) is 26.0. The Kier molecular flexibility index (Phi) is 11.1. The first-order valence-electron chi connectivity index (χ1n) is 15.5. The first-order valence-corrected chi connectivity index (χ1v) is 15.5. The zero-order valence-corrected chi connectivity index (χ0v) is 26.0. The smallest absolute Gasteiger partial charge is 0.246 e. The molecule has 0 saturated carbocycles. The molecule has 1 fully saturated rings. The fourth-order valence-corrected chi connectivity index (χ4v) is 5.87. The van der Waals surface area contributed by atoms with Crippen molar-refractivity contribution in [1.82, 2.24) is 20.4 Å². The number of nitrogens with one attached hydrogen (secondary N) is 2. The van der Waals surface area contributed by atoms with Gasteiger partial charge in [0, 0.05) is 38.9 Å². The molecule has 0 spiro atoms. The second-order valence-electron chi connectivity index (χ2n) is 11.9. The highest BCUT2D eigenvalue weighted by Crippen LogP contribution is 2.24. The first-order chi connectivity index (χ1) is 21.1. The summed E-state index contributed by atoms with van der Waals surface area (Å²) in [4.78, 5) is 57.1. The zero-order chi connectivity index (χ0) is 31.8. The van der Waals surface area contributed by atoms with Crippen molar-refractivity contribution in [1.29, 1.82) is 0 Å². The van der Waals surface area contributed by atoms with E-state index in [0.29, 0.717) is 24.8 Å². The molecule has 234 valence electrons. The molecule has 0 bridgehead atoms. The lowest BCUT2D eigenvalue weighted by atomic mass is 9.96. The Bertz CT molecular complexity index is 1480. The Labute approximate surface area is 259 Å². The van der Waals surface area contributed by atoms with Gasteiger partial charge < -0.3 is 20.4 Å². The molecule has 1 aliphatic heterocycles. The van der Waals surface area contributed by atoms with Gasteiger partial charge in [0.05, 0.1) is 0 Å². The second-order valence-corrected chi connectivity index (χ2v) is 11.9. The van der Waals surface area contributed by atoms with Gasteiger partial charge >= 0.3 is 0 Å². The molecule has 1 aliphatic rings. The lowest BCUT2D eigenvalue weighted by molar-refractivity contribution is -0.157. The Balaban J connectivity index is 1.62. The summed E-state index contributed by atoms with van der Waals surface area (Å²) in [7, 11) is 0. The van der Waals surface area contributed by atoms with Crippen LogP contribution in [0.3, 0.4) is 0 Å². The van der Waals surface area contributed by atoms with E-state index in [1.54, 1.807) is 21.9 Å². The van der Waals surface area contributed by atoms with Crippen molar-refractivity contribution in [2.24, 2.45) is 0 Å². The van der Waals surface area contributed by atoms with Crippen molar-refractivity contribution in [3.63, 3.8) is 0 Å². The van der Waals surface area contributed by atoms with Gasteiger partial charge in [-0.15, -0.1) is 0 Å². The van der Waals surface area contributed by atoms with E-state index in [4.69, 9.17) is 0 Å². The predicted octanol–water partition coefficient (Wildman–Crippen LogP) is 4.39. The molecule has 44 heavy (non-hydrogen) atoms. The molecule has 0 radical (unpaired) electrons. The molecule has 1 saturated heterocycles. The average molecular weight is 603 g/mol. The molecule has 3 aromatic rings. The molecule has 3 atom stereocenters. The van der Waals surface area contributed by atoms with Crippen molar-refractivity contribution in [3.05, 3.63) is 83.7 Å². The molecule has 4 rings (SSSR count). The molecular formula is C35H43FN4O4. The number of piperazine rings is 1.